The highest BCUT2D eigenvalue weighted by atomic mass is 79.9. The van der Waals surface area contributed by atoms with Crippen molar-refractivity contribution in [3.05, 3.63) is 22.8 Å². The van der Waals surface area contributed by atoms with Gasteiger partial charge in [0.25, 0.3) is 5.91 Å². The highest BCUT2D eigenvalue weighted by Gasteiger charge is 2.38. The fourth-order valence-corrected chi connectivity index (χ4v) is 2.63. The van der Waals surface area contributed by atoms with Crippen LogP contribution >= 0.6 is 15.9 Å². The average Bonchev–Trinajstić information content (AvgIpc) is 2.87. The molecule has 1 atom stereocenters. The normalized spacial score (nSPS) is 18.2. The first-order valence-electron chi connectivity index (χ1n) is 7.05. The van der Waals surface area contributed by atoms with Gasteiger partial charge in [0, 0.05) is 36.6 Å². The standard InChI is InChI=1S/C15H19BrN2O4/c1-10(19)22-15(2,3)14(20)18-7-6-12(9-18)21-13-5-4-11(16)8-17-13/h4-5,8,12H,6-7,9H2,1-3H3. The number of likely N-dealkylation sites (tertiary alicyclic amines) is 1. The van der Waals surface area contributed by atoms with Gasteiger partial charge in [-0.15, -0.1) is 0 Å². The monoisotopic (exact) mass is 370 g/mol. The summed E-state index contributed by atoms with van der Waals surface area (Å²) in [5.74, 6) is -0.149. The number of amides is 1. The summed E-state index contributed by atoms with van der Waals surface area (Å²) in [7, 11) is 0. The maximum Gasteiger partial charge on any atom is 0.303 e. The second-order valence-corrected chi connectivity index (χ2v) is 6.61. The lowest BCUT2D eigenvalue weighted by molar-refractivity contribution is -0.168. The third-order valence-electron chi connectivity index (χ3n) is 3.33. The number of ether oxygens (including phenoxy) is 2. The van der Waals surface area contributed by atoms with E-state index in [1.165, 1.54) is 6.92 Å². The second-order valence-electron chi connectivity index (χ2n) is 5.70. The van der Waals surface area contributed by atoms with Gasteiger partial charge in [-0.2, -0.15) is 0 Å². The van der Waals surface area contributed by atoms with Crippen LogP contribution in [0.15, 0.2) is 22.8 Å². The Balaban J connectivity index is 1.93. The van der Waals surface area contributed by atoms with Crippen LogP contribution in [0.3, 0.4) is 0 Å². The SMILES string of the molecule is CC(=O)OC(C)(C)C(=O)N1CCC(Oc2ccc(Br)cn2)C1. The number of halogens is 1. The number of carbonyl (C=O) groups excluding carboxylic acids is 2. The molecule has 0 aromatic carbocycles. The van der Waals surface area contributed by atoms with Crippen LogP contribution in [-0.2, 0) is 14.3 Å². The average molecular weight is 371 g/mol. The number of hydrogen-bond donors (Lipinski definition) is 0. The van der Waals surface area contributed by atoms with Crippen LogP contribution in [0.5, 0.6) is 5.88 Å². The van der Waals surface area contributed by atoms with Crippen LogP contribution in [0.25, 0.3) is 0 Å². The van der Waals surface area contributed by atoms with Gasteiger partial charge in [-0.25, -0.2) is 4.98 Å². The summed E-state index contributed by atoms with van der Waals surface area (Å²) in [6, 6.07) is 3.63. The molecule has 1 saturated heterocycles. The molecule has 0 bridgehead atoms. The fraction of sp³-hybridized carbons (Fsp3) is 0.533. The van der Waals surface area contributed by atoms with E-state index in [4.69, 9.17) is 9.47 Å². The molecule has 2 heterocycles. The summed E-state index contributed by atoms with van der Waals surface area (Å²) in [6.45, 7) is 5.53. The molecule has 0 N–H and O–H groups in total. The van der Waals surface area contributed by atoms with Crippen LogP contribution in [0.4, 0.5) is 0 Å². The Hall–Kier alpha value is -1.63. The summed E-state index contributed by atoms with van der Waals surface area (Å²) in [5.41, 5.74) is -1.16. The number of aromatic nitrogens is 1. The molecular weight excluding hydrogens is 352 g/mol. The number of esters is 1. The van der Waals surface area contributed by atoms with Crippen LogP contribution in [0.2, 0.25) is 0 Å². The topological polar surface area (TPSA) is 68.7 Å². The van der Waals surface area contributed by atoms with Crippen LogP contribution in [0, 0.1) is 0 Å². The molecule has 6 nitrogen and oxygen atoms in total. The summed E-state index contributed by atoms with van der Waals surface area (Å²) < 4.78 is 11.7. The number of nitrogens with zero attached hydrogens (tertiary/aromatic N) is 2. The number of carbonyl (C=O) groups is 2. The van der Waals surface area contributed by atoms with E-state index in [1.807, 2.05) is 6.07 Å². The van der Waals surface area contributed by atoms with Gasteiger partial charge in [0.1, 0.15) is 6.10 Å². The summed E-state index contributed by atoms with van der Waals surface area (Å²) in [5, 5.41) is 0. The van der Waals surface area contributed by atoms with Gasteiger partial charge in [-0.3, -0.25) is 9.59 Å². The fourth-order valence-electron chi connectivity index (χ4n) is 2.40. The van der Waals surface area contributed by atoms with Gasteiger partial charge in [0.05, 0.1) is 6.54 Å². The first-order chi connectivity index (χ1) is 10.3. The van der Waals surface area contributed by atoms with E-state index in [-0.39, 0.29) is 12.0 Å². The van der Waals surface area contributed by atoms with Crippen molar-refractivity contribution in [1.82, 2.24) is 9.88 Å². The van der Waals surface area contributed by atoms with E-state index in [2.05, 4.69) is 20.9 Å². The van der Waals surface area contributed by atoms with Gasteiger partial charge >= 0.3 is 5.97 Å². The Morgan fingerprint density at radius 1 is 1.41 bits per heavy atom. The molecule has 0 spiro atoms. The molecule has 0 saturated carbocycles. The molecule has 1 unspecified atom stereocenters. The summed E-state index contributed by atoms with van der Waals surface area (Å²) in [4.78, 5) is 29.3. The van der Waals surface area contributed by atoms with E-state index in [0.29, 0.717) is 19.0 Å². The molecule has 1 aliphatic heterocycles. The first kappa shape index (κ1) is 16.7. The molecule has 1 aliphatic rings. The molecular formula is C15H19BrN2O4. The number of rotatable bonds is 4. The molecule has 1 amide bonds. The highest BCUT2D eigenvalue weighted by Crippen LogP contribution is 2.22. The zero-order valence-electron chi connectivity index (χ0n) is 12.8. The Morgan fingerprint density at radius 3 is 2.73 bits per heavy atom. The number of pyridine rings is 1. The van der Waals surface area contributed by atoms with Crippen molar-refractivity contribution in [2.24, 2.45) is 0 Å². The third-order valence-corrected chi connectivity index (χ3v) is 3.80. The minimum atomic E-state index is -1.16. The van der Waals surface area contributed by atoms with Gasteiger partial charge < -0.3 is 14.4 Å². The zero-order valence-corrected chi connectivity index (χ0v) is 14.4. The van der Waals surface area contributed by atoms with Gasteiger partial charge in [-0.05, 0) is 35.8 Å². The van der Waals surface area contributed by atoms with Gasteiger partial charge in [0.15, 0.2) is 5.60 Å². The molecule has 1 fully saturated rings. The lowest BCUT2D eigenvalue weighted by Gasteiger charge is -2.28. The molecule has 1 aromatic heterocycles. The van der Waals surface area contributed by atoms with E-state index in [0.717, 1.165) is 10.9 Å². The maximum atomic E-state index is 12.4. The summed E-state index contributed by atoms with van der Waals surface area (Å²) >= 11 is 3.32. The van der Waals surface area contributed by atoms with Crippen LogP contribution in [0.1, 0.15) is 27.2 Å². The Kier molecular flexibility index (Phi) is 5.05. The smallest absolute Gasteiger partial charge is 0.303 e. The van der Waals surface area contributed by atoms with Crippen molar-refractivity contribution in [2.75, 3.05) is 13.1 Å². The zero-order chi connectivity index (χ0) is 16.3. The van der Waals surface area contributed by atoms with E-state index in [1.54, 1.807) is 31.0 Å². The molecule has 7 heteroatoms. The minimum absolute atomic E-state index is 0.106. The predicted molar refractivity (Wildman–Crippen MR) is 83.4 cm³/mol. The predicted octanol–water partition coefficient (Wildman–Crippen LogP) is 2.17. The van der Waals surface area contributed by atoms with Crippen molar-refractivity contribution in [1.29, 1.82) is 0 Å². The van der Waals surface area contributed by atoms with Crippen LogP contribution in [-0.4, -0.2) is 46.6 Å². The molecule has 120 valence electrons. The van der Waals surface area contributed by atoms with Crippen molar-refractivity contribution >= 4 is 27.8 Å². The van der Waals surface area contributed by atoms with Gasteiger partial charge in [-0.1, -0.05) is 0 Å². The lowest BCUT2D eigenvalue weighted by Crippen LogP contribution is -2.47. The minimum Gasteiger partial charge on any atom is -0.472 e. The first-order valence-corrected chi connectivity index (χ1v) is 7.84. The molecule has 2 rings (SSSR count). The van der Waals surface area contributed by atoms with Gasteiger partial charge in [0.2, 0.25) is 5.88 Å². The largest absolute Gasteiger partial charge is 0.472 e. The van der Waals surface area contributed by atoms with E-state index >= 15 is 0 Å². The van der Waals surface area contributed by atoms with E-state index < -0.39 is 11.6 Å². The quantitative estimate of drug-likeness (QED) is 0.759. The Labute approximate surface area is 137 Å². The van der Waals surface area contributed by atoms with Crippen molar-refractivity contribution < 1.29 is 19.1 Å². The molecule has 0 aliphatic carbocycles. The third kappa shape index (κ3) is 4.19. The molecule has 22 heavy (non-hydrogen) atoms. The van der Waals surface area contributed by atoms with Crippen molar-refractivity contribution in [3.8, 4) is 5.88 Å². The number of hydrogen-bond acceptors (Lipinski definition) is 5. The van der Waals surface area contributed by atoms with E-state index in [9.17, 15) is 9.59 Å². The Morgan fingerprint density at radius 2 is 2.14 bits per heavy atom. The van der Waals surface area contributed by atoms with Crippen LogP contribution < -0.4 is 4.74 Å². The molecule has 1 aromatic rings. The Bertz CT molecular complexity index is 559. The maximum absolute atomic E-state index is 12.4. The van der Waals surface area contributed by atoms with Crippen molar-refractivity contribution in [3.63, 3.8) is 0 Å². The second kappa shape index (κ2) is 6.64. The van der Waals surface area contributed by atoms with Crippen molar-refractivity contribution in [2.45, 2.75) is 38.9 Å². The summed E-state index contributed by atoms with van der Waals surface area (Å²) in [6.07, 6.45) is 2.28. The lowest BCUT2D eigenvalue weighted by atomic mass is 10.1. The highest BCUT2D eigenvalue weighted by molar-refractivity contribution is 9.10. The molecule has 0 radical (unpaired) electrons.